The van der Waals surface area contributed by atoms with Gasteiger partial charge in [-0.05, 0) is 12.1 Å². The molecule has 0 fully saturated rings. The van der Waals surface area contributed by atoms with Crippen molar-refractivity contribution in [2.75, 3.05) is 7.11 Å². The summed E-state index contributed by atoms with van der Waals surface area (Å²) in [5, 5.41) is 13.0. The van der Waals surface area contributed by atoms with Gasteiger partial charge in [-0.3, -0.25) is 9.67 Å². The molecule has 0 aliphatic heterocycles. The smallest absolute Gasteiger partial charge is 0.339 e. The van der Waals surface area contributed by atoms with Gasteiger partial charge in [0.15, 0.2) is 0 Å². The molecule has 0 unspecified atom stereocenters. The first-order valence-corrected chi connectivity index (χ1v) is 4.89. The van der Waals surface area contributed by atoms with Gasteiger partial charge in [0.05, 0.1) is 25.2 Å². The van der Waals surface area contributed by atoms with Crippen LogP contribution in [0.4, 0.5) is 0 Å². The van der Waals surface area contributed by atoms with E-state index >= 15 is 0 Å². The van der Waals surface area contributed by atoms with E-state index in [1.54, 1.807) is 26.3 Å². The first-order valence-electron chi connectivity index (χ1n) is 4.89. The Hall–Kier alpha value is -2.37. The largest absolute Gasteiger partial charge is 0.495 e. The van der Waals surface area contributed by atoms with E-state index in [4.69, 9.17) is 9.84 Å². The van der Waals surface area contributed by atoms with Gasteiger partial charge in [0.1, 0.15) is 17.0 Å². The number of nitrogens with zero attached hydrogens (tertiary/aromatic N) is 3. The van der Waals surface area contributed by atoms with Gasteiger partial charge in [0, 0.05) is 7.05 Å². The van der Waals surface area contributed by atoms with Gasteiger partial charge in [0.2, 0.25) is 0 Å². The molecule has 0 saturated carbocycles. The molecule has 6 heteroatoms. The van der Waals surface area contributed by atoms with Crippen molar-refractivity contribution < 1.29 is 14.6 Å². The topological polar surface area (TPSA) is 77.2 Å². The molecule has 0 radical (unpaired) electrons. The molecule has 2 heterocycles. The lowest BCUT2D eigenvalue weighted by molar-refractivity contribution is 0.0697. The van der Waals surface area contributed by atoms with Crippen molar-refractivity contribution >= 4 is 5.97 Å². The zero-order valence-electron chi connectivity index (χ0n) is 9.41. The Morgan fingerprint density at radius 1 is 1.41 bits per heavy atom. The Morgan fingerprint density at radius 2 is 2.18 bits per heavy atom. The number of aromatic carboxylic acids is 1. The van der Waals surface area contributed by atoms with Crippen LogP contribution in [0, 0.1) is 0 Å². The third kappa shape index (κ3) is 1.96. The van der Waals surface area contributed by atoms with Gasteiger partial charge in [-0.2, -0.15) is 5.10 Å². The molecule has 2 aromatic heterocycles. The highest BCUT2D eigenvalue weighted by Crippen LogP contribution is 2.22. The Bertz CT molecular complexity index is 546. The molecule has 6 nitrogen and oxygen atoms in total. The fourth-order valence-corrected chi connectivity index (χ4v) is 1.54. The third-order valence-electron chi connectivity index (χ3n) is 2.38. The highest BCUT2D eigenvalue weighted by Gasteiger charge is 2.17. The molecule has 0 amide bonds. The molecule has 0 bridgehead atoms. The van der Waals surface area contributed by atoms with Gasteiger partial charge in [0.25, 0.3) is 0 Å². The number of aryl methyl sites for hydroxylation is 1. The number of carbonyl (C=O) groups is 1. The van der Waals surface area contributed by atoms with E-state index in [2.05, 4.69) is 10.1 Å². The average molecular weight is 233 g/mol. The number of pyridine rings is 1. The number of methoxy groups -OCH3 is 1. The lowest BCUT2D eigenvalue weighted by Gasteiger charge is -2.04. The summed E-state index contributed by atoms with van der Waals surface area (Å²) in [5.41, 5.74) is 1.15. The summed E-state index contributed by atoms with van der Waals surface area (Å²) in [6, 6.07) is 3.42. The molecule has 0 saturated heterocycles. The summed E-state index contributed by atoms with van der Waals surface area (Å²) in [4.78, 5) is 15.2. The van der Waals surface area contributed by atoms with Crippen LogP contribution in [0.2, 0.25) is 0 Å². The van der Waals surface area contributed by atoms with Crippen LogP contribution >= 0.6 is 0 Å². The van der Waals surface area contributed by atoms with Crippen LogP contribution in [-0.4, -0.2) is 33.0 Å². The third-order valence-corrected chi connectivity index (χ3v) is 2.38. The molecule has 2 aromatic rings. The standard InChI is InChI=1S/C11H11N3O3/c1-14-10(8(6-13-14)11(15)16)9-4-3-7(17-2)5-12-9/h3-6H,1-2H3,(H,15,16). The minimum atomic E-state index is -1.02. The highest BCUT2D eigenvalue weighted by molar-refractivity contribution is 5.94. The van der Waals surface area contributed by atoms with E-state index in [-0.39, 0.29) is 5.56 Å². The molecular weight excluding hydrogens is 222 g/mol. The van der Waals surface area contributed by atoms with Gasteiger partial charge in [-0.25, -0.2) is 4.79 Å². The van der Waals surface area contributed by atoms with E-state index in [1.165, 1.54) is 17.1 Å². The molecule has 88 valence electrons. The molecule has 0 aliphatic carbocycles. The van der Waals surface area contributed by atoms with Crippen LogP contribution in [0.1, 0.15) is 10.4 Å². The Balaban J connectivity index is 2.51. The van der Waals surface area contributed by atoms with Crippen molar-refractivity contribution in [3.05, 3.63) is 30.1 Å². The monoisotopic (exact) mass is 233 g/mol. The van der Waals surface area contributed by atoms with E-state index in [0.717, 1.165) is 0 Å². The van der Waals surface area contributed by atoms with E-state index in [0.29, 0.717) is 17.1 Å². The van der Waals surface area contributed by atoms with Crippen LogP contribution in [-0.2, 0) is 7.05 Å². The van der Waals surface area contributed by atoms with Crippen LogP contribution in [0.15, 0.2) is 24.5 Å². The number of rotatable bonds is 3. The van der Waals surface area contributed by atoms with Crippen molar-refractivity contribution in [3.8, 4) is 17.1 Å². The molecular formula is C11H11N3O3. The zero-order chi connectivity index (χ0) is 12.4. The van der Waals surface area contributed by atoms with Crippen LogP contribution in [0.25, 0.3) is 11.4 Å². The van der Waals surface area contributed by atoms with Crippen molar-refractivity contribution in [1.29, 1.82) is 0 Å². The van der Waals surface area contributed by atoms with Crippen LogP contribution < -0.4 is 4.74 Å². The predicted molar refractivity (Wildman–Crippen MR) is 60.0 cm³/mol. The maximum Gasteiger partial charge on any atom is 0.339 e. The SMILES string of the molecule is COc1ccc(-c2c(C(=O)O)cnn2C)nc1. The summed E-state index contributed by atoms with van der Waals surface area (Å²) in [5.74, 6) is -0.404. The minimum absolute atomic E-state index is 0.130. The maximum atomic E-state index is 11.0. The zero-order valence-corrected chi connectivity index (χ0v) is 9.41. The number of hydrogen-bond acceptors (Lipinski definition) is 4. The van der Waals surface area contributed by atoms with Gasteiger partial charge in [-0.1, -0.05) is 0 Å². The van der Waals surface area contributed by atoms with Gasteiger partial charge < -0.3 is 9.84 Å². The number of aromatic nitrogens is 3. The second kappa shape index (κ2) is 4.25. The lowest BCUT2D eigenvalue weighted by Crippen LogP contribution is -2.01. The van der Waals surface area contributed by atoms with Gasteiger partial charge >= 0.3 is 5.97 Å². The number of hydrogen-bond donors (Lipinski definition) is 1. The van der Waals surface area contributed by atoms with Crippen LogP contribution in [0.5, 0.6) is 5.75 Å². The Labute approximate surface area is 97.5 Å². The first-order chi connectivity index (χ1) is 8.13. The minimum Gasteiger partial charge on any atom is -0.495 e. The molecule has 0 aliphatic rings. The molecule has 0 atom stereocenters. The van der Waals surface area contributed by atoms with E-state index < -0.39 is 5.97 Å². The summed E-state index contributed by atoms with van der Waals surface area (Å²) < 4.78 is 6.48. The number of carboxylic acid groups (broad SMARTS) is 1. The second-order valence-corrected chi connectivity index (χ2v) is 3.42. The molecule has 1 N–H and O–H groups in total. The van der Waals surface area contributed by atoms with Crippen LogP contribution in [0.3, 0.4) is 0 Å². The fraction of sp³-hybridized carbons (Fsp3) is 0.182. The maximum absolute atomic E-state index is 11.0. The average Bonchev–Trinajstić information content (AvgIpc) is 2.71. The fourth-order valence-electron chi connectivity index (χ4n) is 1.54. The Kier molecular flexibility index (Phi) is 2.78. The molecule has 2 rings (SSSR count). The normalized spacial score (nSPS) is 10.2. The molecule has 0 aromatic carbocycles. The summed E-state index contributed by atoms with van der Waals surface area (Å²) in [7, 11) is 3.22. The first kappa shape index (κ1) is 11.1. The van der Waals surface area contributed by atoms with Gasteiger partial charge in [-0.15, -0.1) is 0 Å². The van der Waals surface area contributed by atoms with Crippen molar-refractivity contribution in [2.45, 2.75) is 0 Å². The predicted octanol–water partition coefficient (Wildman–Crippen LogP) is 1.19. The quantitative estimate of drug-likeness (QED) is 0.861. The van der Waals surface area contributed by atoms with Crippen molar-refractivity contribution in [3.63, 3.8) is 0 Å². The molecule has 0 spiro atoms. The number of ether oxygens (including phenoxy) is 1. The molecule has 17 heavy (non-hydrogen) atoms. The number of carboxylic acids is 1. The van der Waals surface area contributed by atoms with E-state index in [1.807, 2.05) is 0 Å². The summed E-state index contributed by atoms with van der Waals surface area (Å²) in [6.45, 7) is 0. The van der Waals surface area contributed by atoms with E-state index in [9.17, 15) is 4.79 Å². The highest BCUT2D eigenvalue weighted by atomic mass is 16.5. The second-order valence-electron chi connectivity index (χ2n) is 3.42. The lowest BCUT2D eigenvalue weighted by atomic mass is 10.2. The summed E-state index contributed by atoms with van der Waals surface area (Å²) >= 11 is 0. The van der Waals surface area contributed by atoms with Crippen molar-refractivity contribution in [2.24, 2.45) is 7.05 Å². The Morgan fingerprint density at radius 3 is 2.71 bits per heavy atom. The summed E-state index contributed by atoms with van der Waals surface area (Å²) in [6.07, 6.45) is 2.84. The van der Waals surface area contributed by atoms with Crippen molar-refractivity contribution in [1.82, 2.24) is 14.8 Å².